The van der Waals surface area contributed by atoms with E-state index in [4.69, 9.17) is 4.74 Å². The van der Waals surface area contributed by atoms with Crippen LogP contribution in [-0.4, -0.2) is 47.3 Å². The highest BCUT2D eigenvalue weighted by Crippen LogP contribution is 2.52. The molecule has 1 aliphatic carbocycles. The van der Waals surface area contributed by atoms with Crippen molar-refractivity contribution in [1.29, 1.82) is 0 Å². The zero-order valence-corrected chi connectivity index (χ0v) is 18.8. The Balaban J connectivity index is 1.70. The molecule has 1 aromatic heterocycles. The zero-order valence-electron chi connectivity index (χ0n) is 17.2. The van der Waals surface area contributed by atoms with Gasteiger partial charge in [-0.15, -0.1) is 6.58 Å². The summed E-state index contributed by atoms with van der Waals surface area (Å²) in [7, 11) is 1.70. The fourth-order valence-corrected chi connectivity index (χ4v) is 6.30. The van der Waals surface area contributed by atoms with Crippen LogP contribution in [0.1, 0.15) is 23.2 Å². The van der Waals surface area contributed by atoms with Crippen LogP contribution in [0.15, 0.2) is 59.6 Å². The number of aromatic nitrogens is 1. The predicted octanol–water partition coefficient (Wildman–Crippen LogP) is 4.60. The standard InChI is InChI=1S/C25H27BrN2O2/c1-3-11-28-12-10-24(17-6-4-7-18(13-17)30-2)15-22-19(14-25(24,29)16-28)23-20(26)8-5-9-21(23)27-22/h3-9,13,27,29H,1,10-12,14-16H2,2H3. The molecule has 1 aliphatic heterocycles. The van der Waals surface area contributed by atoms with Gasteiger partial charge in [0.15, 0.2) is 0 Å². The first-order valence-electron chi connectivity index (χ1n) is 10.5. The Morgan fingerprint density at radius 3 is 2.90 bits per heavy atom. The number of methoxy groups -OCH3 is 1. The van der Waals surface area contributed by atoms with Crippen molar-refractivity contribution in [2.24, 2.45) is 0 Å². The van der Waals surface area contributed by atoms with E-state index in [-0.39, 0.29) is 5.41 Å². The molecule has 1 fully saturated rings. The van der Waals surface area contributed by atoms with Gasteiger partial charge in [-0.1, -0.05) is 40.2 Å². The summed E-state index contributed by atoms with van der Waals surface area (Å²) < 4.78 is 6.61. The molecule has 3 aromatic rings. The number of aliphatic hydroxyl groups is 1. The van der Waals surface area contributed by atoms with Crippen molar-refractivity contribution in [2.75, 3.05) is 26.7 Å². The molecule has 0 radical (unpaired) electrons. The molecule has 5 rings (SSSR count). The molecule has 2 atom stereocenters. The SMILES string of the molecule is C=CCN1CCC2(c3cccc(OC)c3)Cc3[nH]c4cccc(Br)c4c3CC2(O)C1. The van der Waals surface area contributed by atoms with E-state index in [0.29, 0.717) is 13.0 Å². The van der Waals surface area contributed by atoms with Crippen LogP contribution in [0.4, 0.5) is 0 Å². The van der Waals surface area contributed by atoms with E-state index in [1.54, 1.807) is 7.11 Å². The van der Waals surface area contributed by atoms with Crippen LogP contribution in [0.2, 0.25) is 0 Å². The smallest absolute Gasteiger partial charge is 0.119 e. The molecule has 2 aromatic carbocycles. The Labute approximate surface area is 185 Å². The summed E-state index contributed by atoms with van der Waals surface area (Å²) in [4.78, 5) is 5.98. The number of benzene rings is 2. The Kier molecular flexibility index (Phi) is 4.80. The van der Waals surface area contributed by atoms with Gasteiger partial charge in [-0.25, -0.2) is 0 Å². The van der Waals surface area contributed by atoms with Gasteiger partial charge in [0.1, 0.15) is 5.75 Å². The lowest BCUT2D eigenvalue weighted by Gasteiger charge is -2.56. The van der Waals surface area contributed by atoms with Crippen LogP contribution in [0.3, 0.4) is 0 Å². The average Bonchev–Trinajstić information content (AvgIpc) is 3.09. The highest BCUT2D eigenvalue weighted by Gasteiger charge is 2.57. The molecule has 0 bridgehead atoms. The van der Waals surface area contributed by atoms with Crippen LogP contribution in [0.5, 0.6) is 5.75 Å². The third kappa shape index (κ3) is 2.87. The van der Waals surface area contributed by atoms with Crippen LogP contribution in [0.25, 0.3) is 10.9 Å². The van der Waals surface area contributed by atoms with E-state index in [2.05, 4.69) is 62.7 Å². The molecular formula is C25H27BrN2O2. The molecular weight excluding hydrogens is 440 g/mol. The highest BCUT2D eigenvalue weighted by atomic mass is 79.9. The summed E-state index contributed by atoms with van der Waals surface area (Å²) in [5, 5.41) is 13.5. The van der Waals surface area contributed by atoms with Gasteiger partial charge in [0.05, 0.1) is 12.7 Å². The van der Waals surface area contributed by atoms with Crippen LogP contribution < -0.4 is 4.74 Å². The lowest BCUT2D eigenvalue weighted by atomic mass is 9.56. The Morgan fingerprint density at radius 2 is 2.10 bits per heavy atom. The van der Waals surface area contributed by atoms with Gasteiger partial charge in [0.25, 0.3) is 0 Å². The van der Waals surface area contributed by atoms with Gasteiger partial charge < -0.3 is 14.8 Å². The fourth-order valence-electron chi connectivity index (χ4n) is 5.70. The number of fused-ring (bicyclic) bond motifs is 4. The number of nitrogens with one attached hydrogen (secondary N) is 1. The Hall–Kier alpha value is -2.08. The fraction of sp³-hybridized carbons (Fsp3) is 0.360. The number of halogens is 1. The van der Waals surface area contributed by atoms with Crippen molar-refractivity contribution >= 4 is 26.8 Å². The number of aromatic amines is 1. The van der Waals surface area contributed by atoms with Crippen molar-refractivity contribution in [1.82, 2.24) is 9.88 Å². The van der Waals surface area contributed by atoms with Crippen molar-refractivity contribution in [3.63, 3.8) is 0 Å². The maximum Gasteiger partial charge on any atom is 0.119 e. The van der Waals surface area contributed by atoms with E-state index in [0.717, 1.165) is 47.2 Å². The van der Waals surface area contributed by atoms with E-state index in [9.17, 15) is 5.11 Å². The van der Waals surface area contributed by atoms with Gasteiger partial charge in [-0.05, 0) is 48.4 Å². The number of piperidine rings is 1. The largest absolute Gasteiger partial charge is 0.497 e. The number of likely N-dealkylation sites (tertiary alicyclic amines) is 1. The molecule has 2 heterocycles. The summed E-state index contributed by atoms with van der Waals surface area (Å²) >= 11 is 3.73. The van der Waals surface area contributed by atoms with E-state index in [1.807, 2.05) is 18.2 Å². The first-order chi connectivity index (χ1) is 14.5. The molecule has 5 heteroatoms. The summed E-state index contributed by atoms with van der Waals surface area (Å²) in [6.45, 7) is 6.27. The molecule has 30 heavy (non-hydrogen) atoms. The number of hydrogen-bond donors (Lipinski definition) is 2. The number of β-amino-alcohol motifs (C(OH)–C–C–N with tert-alkyl or cyclic N) is 1. The second-order valence-corrected chi connectivity index (χ2v) is 9.57. The van der Waals surface area contributed by atoms with E-state index >= 15 is 0 Å². The monoisotopic (exact) mass is 466 g/mol. The maximum absolute atomic E-state index is 12.3. The molecule has 2 aliphatic rings. The number of H-pyrrole nitrogens is 1. The topological polar surface area (TPSA) is 48.5 Å². The molecule has 2 unspecified atom stereocenters. The molecule has 4 nitrogen and oxygen atoms in total. The molecule has 2 N–H and O–H groups in total. The van der Waals surface area contributed by atoms with Crippen molar-refractivity contribution < 1.29 is 9.84 Å². The highest BCUT2D eigenvalue weighted by molar-refractivity contribution is 9.10. The lowest BCUT2D eigenvalue weighted by molar-refractivity contribution is -0.100. The van der Waals surface area contributed by atoms with Crippen molar-refractivity contribution in [3.05, 3.63) is 76.4 Å². The van der Waals surface area contributed by atoms with Gasteiger partial charge in [-0.3, -0.25) is 4.90 Å². The number of nitrogens with zero attached hydrogens (tertiary/aromatic N) is 1. The van der Waals surface area contributed by atoms with Crippen molar-refractivity contribution in [3.8, 4) is 5.75 Å². The molecule has 0 amide bonds. The van der Waals surface area contributed by atoms with Gasteiger partial charge in [0.2, 0.25) is 0 Å². The number of hydrogen-bond acceptors (Lipinski definition) is 3. The molecule has 156 valence electrons. The minimum absolute atomic E-state index is 0.362. The summed E-state index contributed by atoms with van der Waals surface area (Å²) in [6.07, 6.45) is 4.23. The average molecular weight is 467 g/mol. The van der Waals surface area contributed by atoms with Crippen LogP contribution in [-0.2, 0) is 18.3 Å². The van der Waals surface area contributed by atoms with E-state index < -0.39 is 5.60 Å². The van der Waals surface area contributed by atoms with E-state index in [1.165, 1.54) is 16.6 Å². The Morgan fingerprint density at radius 1 is 1.27 bits per heavy atom. The van der Waals surface area contributed by atoms with Crippen LogP contribution in [0, 0.1) is 0 Å². The summed E-state index contributed by atoms with van der Waals surface area (Å²) in [6, 6.07) is 14.5. The molecule has 0 saturated carbocycles. The second kappa shape index (κ2) is 7.26. The quantitative estimate of drug-likeness (QED) is 0.552. The first kappa shape index (κ1) is 19.9. The third-order valence-corrected chi connectivity index (χ3v) is 7.81. The summed E-state index contributed by atoms with van der Waals surface area (Å²) in [5.74, 6) is 0.836. The molecule has 0 spiro atoms. The lowest BCUT2D eigenvalue weighted by Crippen LogP contribution is -2.66. The first-order valence-corrected chi connectivity index (χ1v) is 11.3. The normalized spacial score (nSPS) is 26.2. The second-order valence-electron chi connectivity index (χ2n) is 8.72. The number of ether oxygens (including phenoxy) is 1. The van der Waals surface area contributed by atoms with Crippen LogP contribution >= 0.6 is 15.9 Å². The van der Waals surface area contributed by atoms with Gasteiger partial charge >= 0.3 is 0 Å². The van der Waals surface area contributed by atoms with Gasteiger partial charge in [0, 0.05) is 52.4 Å². The third-order valence-electron chi connectivity index (χ3n) is 7.15. The van der Waals surface area contributed by atoms with Gasteiger partial charge in [-0.2, -0.15) is 0 Å². The zero-order chi connectivity index (χ0) is 20.9. The minimum Gasteiger partial charge on any atom is -0.497 e. The maximum atomic E-state index is 12.3. The number of rotatable bonds is 4. The Bertz CT molecular complexity index is 1120. The summed E-state index contributed by atoms with van der Waals surface area (Å²) in [5.41, 5.74) is 3.52. The molecule has 1 saturated heterocycles. The van der Waals surface area contributed by atoms with Crippen molar-refractivity contribution in [2.45, 2.75) is 30.3 Å². The predicted molar refractivity (Wildman–Crippen MR) is 124 cm³/mol. The minimum atomic E-state index is -0.877.